The van der Waals surface area contributed by atoms with Gasteiger partial charge >= 0.3 is 0 Å². The van der Waals surface area contributed by atoms with Gasteiger partial charge in [-0.05, 0) is 18.6 Å². The van der Waals surface area contributed by atoms with Gasteiger partial charge in [0.05, 0.1) is 12.1 Å². The summed E-state index contributed by atoms with van der Waals surface area (Å²) in [7, 11) is 0. The first kappa shape index (κ1) is 16.2. The fourth-order valence-electron chi connectivity index (χ4n) is 3.38. The molecule has 1 amide bonds. The van der Waals surface area contributed by atoms with Gasteiger partial charge in [-0.1, -0.05) is 17.3 Å². The summed E-state index contributed by atoms with van der Waals surface area (Å²) in [5, 5.41) is 7.83. The molecule has 134 valence electrons. The van der Waals surface area contributed by atoms with Crippen LogP contribution in [0.5, 0.6) is 0 Å². The van der Waals surface area contributed by atoms with Crippen molar-refractivity contribution in [2.24, 2.45) is 0 Å². The third-order valence-electron chi connectivity index (χ3n) is 4.54. The number of nitrogens with one attached hydrogen (secondary N) is 1. The van der Waals surface area contributed by atoms with E-state index in [4.69, 9.17) is 10.3 Å². The molecule has 26 heavy (non-hydrogen) atoms. The number of para-hydroxylation sites is 1. The number of nitrogen functional groups attached to an aromatic ring is 1. The van der Waals surface area contributed by atoms with Gasteiger partial charge in [0.15, 0.2) is 5.82 Å². The first-order chi connectivity index (χ1) is 12.5. The minimum absolute atomic E-state index is 0.159. The van der Waals surface area contributed by atoms with Crippen molar-refractivity contribution in [3.05, 3.63) is 36.0 Å². The van der Waals surface area contributed by atoms with E-state index < -0.39 is 5.54 Å². The Bertz CT molecular complexity index is 986. The van der Waals surface area contributed by atoms with Crippen LogP contribution in [0.1, 0.15) is 25.1 Å². The lowest BCUT2D eigenvalue weighted by Gasteiger charge is -2.26. The maximum Gasteiger partial charge on any atom is 0.227 e. The number of nitrogens with zero attached hydrogens (tertiary/aromatic N) is 5. The lowest BCUT2D eigenvalue weighted by molar-refractivity contribution is -0.120. The van der Waals surface area contributed by atoms with Crippen molar-refractivity contribution in [3.63, 3.8) is 0 Å². The van der Waals surface area contributed by atoms with Gasteiger partial charge in [0.25, 0.3) is 0 Å². The third kappa shape index (κ3) is 2.71. The number of rotatable bonds is 3. The number of hydrogen-bond donors (Lipinski definition) is 2. The fourth-order valence-corrected chi connectivity index (χ4v) is 3.38. The van der Waals surface area contributed by atoms with Gasteiger partial charge in [-0.2, -0.15) is 9.97 Å². The summed E-state index contributed by atoms with van der Waals surface area (Å²) >= 11 is 0. The van der Waals surface area contributed by atoms with E-state index in [1.807, 2.05) is 29.2 Å². The molecule has 0 radical (unpaired) electrons. The zero-order valence-electron chi connectivity index (χ0n) is 14.6. The predicted octanol–water partition coefficient (Wildman–Crippen LogP) is 1.15. The quantitative estimate of drug-likeness (QED) is 0.719. The van der Waals surface area contributed by atoms with Crippen molar-refractivity contribution in [2.75, 3.05) is 23.7 Å². The first-order valence-corrected chi connectivity index (χ1v) is 8.34. The van der Waals surface area contributed by atoms with Crippen LogP contribution in [0.4, 0.5) is 11.8 Å². The molecule has 1 atom stereocenters. The Kier molecular flexibility index (Phi) is 3.71. The van der Waals surface area contributed by atoms with Gasteiger partial charge < -0.3 is 20.5 Å². The van der Waals surface area contributed by atoms with E-state index in [2.05, 4.69) is 25.4 Å². The van der Waals surface area contributed by atoms with Crippen LogP contribution in [-0.2, 0) is 10.3 Å². The van der Waals surface area contributed by atoms with Gasteiger partial charge in [-0.25, -0.2) is 4.98 Å². The average Bonchev–Trinajstić information content (AvgIpc) is 3.22. The topological polar surface area (TPSA) is 123 Å². The van der Waals surface area contributed by atoms with Gasteiger partial charge in [0.2, 0.25) is 17.7 Å². The van der Waals surface area contributed by atoms with Crippen LogP contribution in [0.25, 0.3) is 10.9 Å². The molecular formula is C17H19N7O2. The molecule has 0 spiro atoms. The molecule has 1 aromatic carbocycles. The van der Waals surface area contributed by atoms with Crippen molar-refractivity contribution < 1.29 is 9.32 Å². The maximum absolute atomic E-state index is 11.8. The highest BCUT2D eigenvalue weighted by Crippen LogP contribution is 2.33. The van der Waals surface area contributed by atoms with E-state index in [1.165, 1.54) is 6.92 Å². The number of carbonyl (C=O) groups excluding carboxylic acids is 1. The van der Waals surface area contributed by atoms with Gasteiger partial charge in [0, 0.05) is 25.8 Å². The van der Waals surface area contributed by atoms with Crippen molar-refractivity contribution in [2.45, 2.75) is 25.8 Å². The Morgan fingerprint density at radius 1 is 1.31 bits per heavy atom. The first-order valence-electron chi connectivity index (χ1n) is 8.34. The van der Waals surface area contributed by atoms with Gasteiger partial charge in [-0.15, -0.1) is 0 Å². The number of hydrogen-bond acceptors (Lipinski definition) is 8. The molecule has 3 aromatic rings. The van der Waals surface area contributed by atoms with Crippen LogP contribution >= 0.6 is 0 Å². The van der Waals surface area contributed by atoms with Crippen molar-refractivity contribution in [1.82, 2.24) is 25.4 Å². The number of aromatic nitrogens is 4. The lowest BCUT2D eigenvalue weighted by Crippen LogP contribution is -2.48. The largest absolute Gasteiger partial charge is 0.383 e. The maximum atomic E-state index is 11.8. The second kappa shape index (κ2) is 5.94. The summed E-state index contributed by atoms with van der Waals surface area (Å²) in [6.45, 7) is 4.26. The zero-order chi connectivity index (χ0) is 18.3. The fraction of sp³-hybridized carbons (Fsp3) is 0.353. The molecule has 1 aliphatic heterocycles. The SMILES string of the molecule is CC(=O)NC1(c2noc(C)n2)CCN(c2nc(N)c3ccccc3n2)C1. The van der Waals surface area contributed by atoms with Crippen LogP contribution in [0.15, 0.2) is 28.8 Å². The van der Waals surface area contributed by atoms with Crippen LogP contribution in [0.3, 0.4) is 0 Å². The molecule has 1 fully saturated rings. The van der Waals surface area contributed by atoms with E-state index in [9.17, 15) is 4.79 Å². The normalized spacial score (nSPS) is 19.8. The standard InChI is InChI=1S/C17H19N7O2/c1-10(25)22-17(15-19-11(2)26-23-15)7-8-24(9-17)16-20-13-6-4-3-5-12(13)14(18)21-16/h3-6H,7-9H2,1-2H3,(H,22,25)(H2,18,20,21). The highest BCUT2D eigenvalue weighted by Gasteiger charge is 2.45. The molecule has 9 heteroatoms. The second-order valence-electron chi connectivity index (χ2n) is 6.50. The number of nitrogens with two attached hydrogens (primary N) is 1. The number of fused-ring (bicyclic) bond motifs is 1. The van der Waals surface area contributed by atoms with Gasteiger partial charge in [0.1, 0.15) is 11.4 Å². The predicted molar refractivity (Wildman–Crippen MR) is 95.3 cm³/mol. The zero-order valence-corrected chi connectivity index (χ0v) is 14.6. The second-order valence-corrected chi connectivity index (χ2v) is 6.50. The molecule has 4 rings (SSSR count). The number of benzene rings is 1. The monoisotopic (exact) mass is 353 g/mol. The summed E-state index contributed by atoms with van der Waals surface area (Å²) in [5.41, 5.74) is 6.14. The van der Waals surface area contributed by atoms with E-state index >= 15 is 0 Å². The van der Waals surface area contributed by atoms with Crippen LogP contribution in [0.2, 0.25) is 0 Å². The lowest BCUT2D eigenvalue weighted by atomic mass is 9.97. The summed E-state index contributed by atoms with van der Waals surface area (Å²) in [4.78, 5) is 27.2. The molecule has 0 saturated carbocycles. The van der Waals surface area contributed by atoms with E-state index in [0.29, 0.717) is 43.0 Å². The Morgan fingerprint density at radius 2 is 2.12 bits per heavy atom. The molecule has 3 N–H and O–H groups in total. The summed E-state index contributed by atoms with van der Waals surface area (Å²) in [6, 6.07) is 7.60. The van der Waals surface area contributed by atoms with Gasteiger partial charge in [-0.3, -0.25) is 4.79 Å². The highest BCUT2D eigenvalue weighted by molar-refractivity contribution is 5.88. The highest BCUT2D eigenvalue weighted by atomic mass is 16.5. The number of amides is 1. The molecule has 0 bridgehead atoms. The molecule has 3 heterocycles. The number of anilines is 2. The smallest absolute Gasteiger partial charge is 0.227 e. The van der Waals surface area contributed by atoms with Crippen LogP contribution < -0.4 is 16.0 Å². The Balaban J connectivity index is 1.71. The molecule has 2 aromatic heterocycles. The molecule has 0 aliphatic carbocycles. The number of aryl methyl sites for hydroxylation is 1. The molecular weight excluding hydrogens is 334 g/mol. The van der Waals surface area contributed by atoms with Crippen molar-refractivity contribution in [3.8, 4) is 0 Å². The Morgan fingerprint density at radius 3 is 2.85 bits per heavy atom. The summed E-state index contributed by atoms with van der Waals surface area (Å²) in [6.07, 6.45) is 0.613. The molecule has 1 saturated heterocycles. The van der Waals surface area contributed by atoms with Crippen LogP contribution in [0, 0.1) is 6.92 Å². The number of carbonyl (C=O) groups is 1. The average molecular weight is 353 g/mol. The summed E-state index contributed by atoms with van der Waals surface area (Å²) < 4.78 is 5.12. The molecule has 1 unspecified atom stereocenters. The third-order valence-corrected chi connectivity index (χ3v) is 4.54. The van der Waals surface area contributed by atoms with E-state index in [-0.39, 0.29) is 5.91 Å². The summed E-state index contributed by atoms with van der Waals surface area (Å²) in [5.74, 6) is 1.70. The van der Waals surface area contributed by atoms with Crippen molar-refractivity contribution in [1.29, 1.82) is 0 Å². The molecule has 9 nitrogen and oxygen atoms in total. The van der Waals surface area contributed by atoms with Crippen molar-refractivity contribution >= 4 is 28.6 Å². The van der Waals surface area contributed by atoms with E-state index in [1.54, 1.807) is 6.92 Å². The van der Waals surface area contributed by atoms with Crippen LogP contribution in [-0.4, -0.2) is 39.1 Å². The Labute approximate surface area is 149 Å². The minimum Gasteiger partial charge on any atom is -0.383 e. The minimum atomic E-state index is -0.743. The Hall–Kier alpha value is -3.23. The molecule has 1 aliphatic rings. The van der Waals surface area contributed by atoms with E-state index in [0.717, 1.165) is 10.9 Å².